The number of nitrogens with one attached hydrogen (secondary N) is 1. The van der Waals surface area contributed by atoms with Crippen LogP contribution in [0.1, 0.15) is 25.0 Å². The zero-order valence-corrected chi connectivity index (χ0v) is 19.3. The number of morpholine rings is 1. The summed E-state index contributed by atoms with van der Waals surface area (Å²) in [4.78, 5) is 14.4. The van der Waals surface area contributed by atoms with Crippen molar-refractivity contribution >= 4 is 21.6 Å². The van der Waals surface area contributed by atoms with Gasteiger partial charge in [-0.25, -0.2) is 8.42 Å². The maximum absolute atomic E-state index is 12.9. The lowest BCUT2D eigenvalue weighted by atomic mass is 10.1. The van der Waals surface area contributed by atoms with E-state index in [1.807, 2.05) is 37.9 Å². The summed E-state index contributed by atoms with van der Waals surface area (Å²) in [5.74, 6) is -0.201. The molecule has 2 unspecified atom stereocenters. The number of benzene rings is 2. The second-order valence-electron chi connectivity index (χ2n) is 8.13. The van der Waals surface area contributed by atoms with Gasteiger partial charge < -0.3 is 10.1 Å². The SMILES string of the molecule is CC1CN(S(=O)(=O)c2ccc(NC(=O)CN(C)Cc3ccc(C#N)cc3)cc2)CC(C)O1. The highest BCUT2D eigenvalue weighted by Crippen LogP contribution is 2.22. The first-order chi connectivity index (χ1) is 15.2. The molecule has 0 bridgehead atoms. The van der Waals surface area contributed by atoms with E-state index in [9.17, 15) is 13.2 Å². The summed E-state index contributed by atoms with van der Waals surface area (Å²) in [6.07, 6.45) is -0.318. The lowest BCUT2D eigenvalue weighted by Gasteiger charge is -2.34. The molecule has 0 saturated carbocycles. The van der Waals surface area contributed by atoms with Crippen molar-refractivity contribution < 1.29 is 17.9 Å². The van der Waals surface area contributed by atoms with E-state index >= 15 is 0 Å². The highest BCUT2D eigenvalue weighted by atomic mass is 32.2. The van der Waals surface area contributed by atoms with Crippen molar-refractivity contribution in [2.75, 3.05) is 32.0 Å². The molecule has 1 amide bonds. The molecule has 1 saturated heterocycles. The van der Waals surface area contributed by atoms with Crippen molar-refractivity contribution in [2.45, 2.75) is 37.5 Å². The van der Waals surface area contributed by atoms with Crippen LogP contribution in [0.3, 0.4) is 0 Å². The van der Waals surface area contributed by atoms with E-state index in [1.54, 1.807) is 24.3 Å². The summed E-state index contributed by atoms with van der Waals surface area (Å²) in [6.45, 7) is 5.08. The lowest BCUT2D eigenvalue weighted by Crippen LogP contribution is -2.48. The van der Waals surface area contributed by atoms with Gasteiger partial charge in [-0.2, -0.15) is 9.57 Å². The third-order valence-corrected chi connectivity index (χ3v) is 6.96. The van der Waals surface area contributed by atoms with Gasteiger partial charge in [-0.15, -0.1) is 0 Å². The van der Waals surface area contributed by atoms with Crippen LogP contribution in [0.5, 0.6) is 0 Å². The molecule has 1 fully saturated rings. The number of ether oxygens (including phenoxy) is 1. The fourth-order valence-electron chi connectivity index (χ4n) is 3.68. The van der Waals surface area contributed by atoms with E-state index in [4.69, 9.17) is 10.00 Å². The van der Waals surface area contributed by atoms with E-state index < -0.39 is 10.0 Å². The van der Waals surface area contributed by atoms with Gasteiger partial charge in [0, 0.05) is 25.3 Å². The van der Waals surface area contributed by atoms with Crippen molar-refractivity contribution in [3.05, 3.63) is 59.7 Å². The van der Waals surface area contributed by atoms with Gasteiger partial charge in [0.25, 0.3) is 0 Å². The molecule has 0 spiro atoms. The van der Waals surface area contributed by atoms with Gasteiger partial charge in [0.1, 0.15) is 0 Å². The monoisotopic (exact) mass is 456 g/mol. The molecule has 0 aliphatic carbocycles. The third-order valence-electron chi connectivity index (χ3n) is 5.11. The normalized spacial score (nSPS) is 19.5. The van der Waals surface area contributed by atoms with Gasteiger partial charge in [0.15, 0.2) is 0 Å². The zero-order valence-electron chi connectivity index (χ0n) is 18.5. The van der Waals surface area contributed by atoms with Gasteiger partial charge in [-0.05, 0) is 62.9 Å². The fraction of sp³-hybridized carbons (Fsp3) is 0.391. The lowest BCUT2D eigenvalue weighted by molar-refractivity contribution is -0.117. The molecule has 0 aromatic heterocycles. The van der Waals surface area contributed by atoms with E-state index in [-0.39, 0.29) is 29.6 Å². The standard InChI is InChI=1S/C23H28N4O4S/c1-17-13-27(14-18(2)31-17)32(29,30)22-10-8-21(9-11-22)25-23(28)16-26(3)15-20-6-4-19(12-24)5-7-20/h4-11,17-18H,13-16H2,1-3H3,(H,25,28). The minimum absolute atomic E-state index is 0.159. The van der Waals surface area contributed by atoms with Crippen LogP contribution in [-0.2, 0) is 26.1 Å². The van der Waals surface area contributed by atoms with Crippen LogP contribution in [0.2, 0.25) is 0 Å². The van der Waals surface area contributed by atoms with Crippen LogP contribution >= 0.6 is 0 Å². The summed E-state index contributed by atoms with van der Waals surface area (Å²) in [7, 11) is -1.79. The maximum Gasteiger partial charge on any atom is 0.243 e. The highest BCUT2D eigenvalue weighted by Gasteiger charge is 2.32. The Hall–Kier alpha value is -2.77. The molecule has 2 aromatic carbocycles. The van der Waals surface area contributed by atoms with Crippen LogP contribution in [0, 0.1) is 11.3 Å². The van der Waals surface area contributed by atoms with Gasteiger partial charge in [0.2, 0.25) is 15.9 Å². The van der Waals surface area contributed by atoms with Gasteiger partial charge in [-0.1, -0.05) is 12.1 Å². The molecule has 8 nitrogen and oxygen atoms in total. The summed E-state index contributed by atoms with van der Waals surface area (Å²) in [5.41, 5.74) is 2.13. The number of hydrogen-bond acceptors (Lipinski definition) is 6. The first-order valence-corrected chi connectivity index (χ1v) is 11.8. The van der Waals surface area contributed by atoms with Crippen molar-refractivity contribution in [3.63, 3.8) is 0 Å². The van der Waals surface area contributed by atoms with Crippen molar-refractivity contribution in [1.82, 2.24) is 9.21 Å². The molecule has 1 heterocycles. The quantitative estimate of drug-likeness (QED) is 0.686. The molecule has 3 rings (SSSR count). The Bertz CT molecular complexity index is 1070. The number of nitriles is 1. The van der Waals surface area contributed by atoms with E-state index in [2.05, 4.69) is 11.4 Å². The molecule has 9 heteroatoms. The Labute approximate surface area is 189 Å². The number of amides is 1. The Morgan fingerprint density at radius 3 is 2.28 bits per heavy atom. The molecule has 1 aliphatic rings. The average Bonchev–Trinajstić information content (AvgIpc) is 2.74. The van der Waals surface area contributed by atoms with Crippen LogP contribution in [0.15, 0.2) is 53.4 Å². The summed E-state index contributed by atoms with van der Waals surface area (Å²) in [5, 5.41) is 11.7. The summed E-state index contributed by atoms with van der Waals surface area (Å²) >= 11 is 0. The minimum Gasteiger partial charge on any atom is -0.373 e. The Morgan fingerprint density at radius 2 is 1.72 bits per heavy atom. The molecule has 1 aliphatic heterocycles. The number of rotatable bonds is 7. The van der Waals surface area contributed by atoms with Crippen LogP contribution in [-0.4, -0.2) is 62.4 Å². The Balaban J connectivity index is 1.56. The highest BCUT2D eigenvalue weighted by molar-refractivity contribution is 7.89. The molecular weight excluding hydrogens is 428 g/mol. The largest absolute Gasteiger partial charge is 0.373 e. The zero-order chi connectivity index (χ0) is 23.3. The van der Waals surface area contributed by atoms with Crippen LogP contribution in [0.4, 0.5) is 5.69 Å². The predicted octanol–water partition coefficient (Wildman–Crippen LogP) is 2.43. The first-order valence-electron chi connectivity index (χ1n) is 10.4. The predicted molar refractivity (Wildman–Crippen MR) is 121 cm³/mol. The van der Waals surface area contributed by atoms with E-state index in [1.165, 1.54) is 16.4 Å². The molecular formula is C23H28N4O4S. The summed E-state index contributed by atoms with van der Waals surface area (Å²) in [6, 6.07) is 15.5. The van der Waals surface area contributed by atoms with E-state index in [0.29, 0.717) is 30.9 Å². The second kappa shape index (κ2) is 10.2. The topological polar surface area (TPSA) is 103 Å². The van der Waals surface area contributed by atoms with Gasteiger partial charge >= 0.3 is 0 Å². The number of anilines is 1. The van der Waals surface area contributed by atoms with Crippen molar-refractivity contribution in [3.8, 4) is 6.07 Å². The molecule has 1 N–H and O–H groups in total. The number of sulfonamides is 1. The minimum atomic E-state index is -3.62. The number of carbonyl (C=O) groups excluding carboxylic acids is 1. The van der Waals surface area contributed by atoms with E-state index in [0.717, 1.165) is 5.56 Å². The number of hydrogen-bond donors (Lipinski definition) is 1. The second-order valence-corrected chi connectivity index (χ2v) is 10.1. The first kappa shape index (κ1) is 23.9. The van der Waals surface area contributed by atoms with Crippen molar-refractivity contribution in [1.29, 1.82) is 5.26 Å². The Morgan fingerprint density at radius 1 is 1.12 bits per heavy atom. The van der Waals surface area contributed by atoms with Crippen molar-refractivity contribution in [2.24, 2.45) is 0 Å². The van der Waals surface area contributed by atoms with Crippen LogP contribution < -0.4 is 5.32 Å². The summed E-state index contributed by atoms with van der Waals surface area (Å²) < 4.78 is 32.9. The maximum atomic E-state index is 12.9. The van der Waals surface area contributed by atoms with Gasteiger partial charge in [-0.3, -0.25) is 9.69 Å². The number of likely N-dealkylation sites (N-methyl/N-ethyl adjacent to an activating group) is 1. The molecule has 2 atom stereocenters. The smallest absolute Gasteiger partial charge is 0.243 e. The molecule has 0 radical (unpaired) electrons. The third kappa shape index (κ3) is 6.14. The molecule has 170 valence electrons. The number of carbonyl (C=O) groups is 1. The average molecular weight is 457 g/mol. The fourth-order valence-corrected chi connectivity index (χ4v) is 5.27. The Kier molecular flexibility index (Phi) is 7.64. The molecule has 32 heavy (non-hydrogen) atoms. The van der Waals surface area contributed by atoms with Crippen LogP contribution in [0.25, 0.3) is 0 Å². The number of nitrogens with zero attached hydrogens (tertiary/aromatic N) is 3. The van der Waals surface area contributed by atoms with Gasteiger partial charge in [0.05, 0.1) is 35.3 Å². The molecule has 2 aromatic rings.